The van der Waals surface area contributed by atoms with Gasteiger partial charge in [0, 0.05) is 29.4 Å². The first-order valence-corrected chi connectivity index (χ1v) is 8.28. The molecule has 6 nitrogen and oxygen atoms in total. The van der Waals surface area contributed by atoms with Crippen molar-refractivity contribution in [3.8, 4) is 17.1 Å². The normalized spacial score (nSPS) is 10.8. The number of halogens is 1. The van der Waals surface area contributed by atoms with Gasteiger partial charge < -0.3 is 10.1 Å². The zero-order valence-corrected chi connectivity index (χ0v) is 14.8. The quantitative estimate of drug-likeness (QED) is 0.677. The molecule has 0 atom stereocenters. The summed E-state index contributed by atoms with van der Waals surface area (Å²) >= 11 is 5.97. The number of hydrogen-bond donors (Lipinski definition) is 1. The Bertz CT molecular complexity index is 919. The maximum absolute atomic E-state index is 11.9. The van der Waals surface area contributed by atoms with E-state index in [4.69, 9.17) is 16.3 Å². The SMILES string of the molecule is COc1ccc(CNC(=O)/C=C/n2cnc(-c3cccc(Cl)c3)n2)cc1. The van der Waals surface area contributed by atoms with Crippen LogP contribution in [0.5, 0.6) is 5.75 Å². The molecule has 0 saturated carbocycles. The lowest BCUT2D eigenvalue weighted by Crippen LogP contribution is -2.20. The minimum Gasteiger partial charge on any atom is -0.497 e. The van der Waals surface area contributed by atoms with Crippen molar-refractivity contribution in [3.63, 3.8) is 0 Å². The number of methoxy groups -OCH3 is 1. The van der Waals surface area contributed by atoms with Crippen molar-refractivity contribution in [1.29, 1.82) is 0 Å². The van der Waals surface area contributed by atoms with Gasteiger partial charge in [-0.25, -0.2) is 9.67 Å². The molecule has 1 heterocycles. The molecular formula is C19H17ClN4O2. The van der Waals surface area contributed by atoms with Crippen molar-refractivity contribution < 1.29 is 9.53 Å². The van der Waals surface area contributed by atoms with Crippen LogP contribution in [0, 0.1) is 0 Å². The molecule has 1 amide bonds. The number of carbonyl (C=O) groups excluding carboxylic acids is 1. The molecule has 0 fully saturated rings. The maximum Gasteiger partial charge on any atom is 0.245 e. The third-order valence-electron chi connectivity index (χ3n) is 3.60. The molecule has 3 aromatic rings. The van der Waals surface area contributed by atoms with Gasteiger partial charge in [-0.1, -0.05) is 35.9 Å². The Kier molecular flexibility index (Phi) is 5.66. The Hall–Kier alpha value is -3.12. The van der Waals surface area contributed by atoms with E-state index in [-0.39, 0.29) is 5.91 Å². The lowest BCUT2D eigenvalue weighted by molar-refractivity contribution is -0.116. The topological polar surface area (TPSA) is 69.0 Å². The second kappa shape index (κ2) is 8.31. The number of amides is 1. The van der Waals surface area contributed by atoms with E-state index < -0.39 is 0 Å². The van der Waals surface area contributed by atoms with E-state index in [9.17, 15) is 4.79 Å². The first-order valence-electron chi connectivity index (χ1n) is 7.90. The first kappa shape index (κ1) is 17.7. The van der Waals surface area contributed by atoms with Crippen LogP contribution in [0.25, 0.3) is 17.6 Å². The highest BCUT2D eigenvalue weighted by atomic mass is 35.5. The summed E-state index contributed by atoms with van der Waals surface area (Å²) in [6.07, 6.45) is 4.48. The van der Waals surface area contributed by atoms with E-state index in [1.807, 2.05) is 36.4 Å². The molecule has 0 unspecified atom stereocenters. The number of aromatic nitrogens is 3. The van der Waals surface area contributed by atoms with Crippen molar-refractivity contribution in [3.05, 3.63) is 71.5 Å². The first-order chi connectivity index (χ1) is 12.6. The largest absolute Gasteiger partial charge is 0.497 e. The lowest BCUT2D eigenvalue weighted by atomic mass is 10.2. The summed E-state index contributed by atoms with van der Waals surface area (Å²) in [4.78, 5) is 16.1. The molecule has 7 heteroatoms. The van der Waals surface area contributed by atoms with Crippen molar-refractivity contribution in [1.82, 2.24) is 20.1 Å². The van der Waals surface area contributed by atoms with Gasteiger partial charge in [-0.05, 0) is 29.8 Å². The van der Waals surface area contributed by atoms with Gasteiger partial charge in [-0.15, -0.1) is 5.10 Å². The van der Waals surface area contributed by atoms with Crippen LogP contribution in [-0.4, -0.2) is 27.8 Å². The summed E-state index contributed by atoms with van der Waals surface area (Å²) < 4.78 is 6.58. The second-order valence-electron chi connectivity index (χ2n) is 5.44. The maximum atomic E-state index is 11.9. The van der Waals surface area contributed by atoms with E-state index in [2.05, 4.69) is 15.4 Å². The average Bonchev–Trinajstić information content (AvgIpc) is 3.14. The summed E-state index contributed by atoms with van der Waals surface area (Å²) in [6.45, 7) is 0.429. The number of hydrogen-bond acceptors (Lipinski definition) is 4. The fourth-order valence-electron chi connectivity index (χ4n) is 2.24. The Morgan fingerprint density at radius 2 is 2.08 bits per heavy atom. The fraction of sp³-hybridized carbons (Fsp3) is 0.105. The molecule has 3 rings (SSSR count). The van der Waals surface area contributed by atoms with Crippen molar-refractivity contribution in [2.24, 2.45) is 0 Å². The summed E-state index contributed by atoms with van der Waals surface area (Å²) in [6, 6.07) is 14.8. The molecule has 0 aliphatic heterocycles. The van der Waals surface area contributed by atoms with Crippen LogP contribution in [0.3, 0.4) is 0 Å². The van der Waals surface area contributed by atoms with Crippen LogP contribution in [0.4, 0.5) is 0 Å². The van der Waals surface area contributed by atoms with Crippen molar-refractivity contribution in [2.75, 3.05) is 7.11 Å². The molecule has 1 N–H and O–H groups in total. The number of benzene rings is 2. The van der Waals surface area contributed by atoms with E-state index in [0.29, 0.717) is 17.4 Å². The monoisotopic (exact) mass is 368 g/mol. The zero-order valence-electron chi connectivity index (χ0n) is 14.1. The van der Waals surface area contributed by atoms with E-state index in [1.54, 1.807) is 25.4 Å². The van der Waals surface area contributed by atoms with Gasteiger partial charge in [0.05, 0.1) is 7.11 Å². The van der Waals surface area contributed by atoms with Gasteiger partial charge in [0.2, 0.25) is 5.91 Å². The van der Waals surface area contributed by atoms with E-state index in [1.165, 1.54) is 17.1 Å². The Morgan fingerprint density at radius 3 is 2.81 bits per heavy atom. The van der Waals surface area contributed by atoms with Crippen LogP contribution in [0.2, 0.25) is 5.02 Å². The second-order valence-corrected chi connectivity index (χ2v) is 5.88. The number of nitrogens with zero attached hydrogens (tertiary/aromatic N) is 3. The standard InChI is InChI=1S/C19H17ClN4O2/c1-26-17-7-5-14(6-8-17)12-21-18(25)9-10-24-13-22-19(23-24)15-3-2-4-16(20)11-15/h2-11,13H,12H2,1H3,(H,21,25)/b10-9+. The number of nitrogens with one attached hydrogen (secondary N) is 1. The molecule has 26 heavy (non-hydrogen) atoms. The van der Waals surface area contributed by atoms with Crippen molar-refractivity contribution >= 4 is 23.7 Å². The highest BCUT2D eigenvalue weighted by Gasteiger charge is 2.04. The van der Waals surface area contributed by atoms with Crippen LogP contribution < -0.4 is 10.1 Å². The zero-order chi connectivity index (χ0) is 18.4. The van der Waals surface area contributed by atoms with Crippen LogP contribution >= 0.6 is 11.6 Å². The van der Waals surface area contributed by atoms with Gasteiger partial charge in [-0.3, -0.25) is 4.79 Å². The fourth-order valence-corrected chi connectivity index (χ4v) is 2.43. The molecule has 0 saturated heterocycles. The molecule has 132 valence electrons. The Balaban J connectivity index is 1.56. The van der Waals surface area contributed by atoms with Crippen LogP contribution in [0.15, 0.2) is 60.9 Å². The van der Waals surface area contributed by atoms with Gasteiger partial charge >= 0.3 is 0 Å². The summed E-state index contributed by atoms with van der Waals surface area (Å²) in [5, 5.41) is 7.72. The molecule has 2 aromatic carbocycles. The van der Waals surface area contributed by atoms with Gasteiger partial charge in [-0.2, -0.15) is 0 Å². The highest BCUT2D eigenvalue weighted by Crippen LogP contribution is 2.18. The summed E-state index contributed by atoms with van der Waals surface area (Å²) in [7, 11) is 1.61. The van der Waals surface area contributed by atoms with E-state index in [0.717, 1.165) is 16.9 Å². The third-order valence-corrected chi connectivity index (χ3v) is 3.83. The Labute approximate surface area is 156 Å². The molecule has 0 bridgehead atoms. The predicted octanol–water partition coefficient (Wildman–Crippen LogP) is 3.39. The van der Waals surface area contributed by atoms with Gasteiger partial charge in [0.1, 0.15) is 12.1 Å². The lowest BCUT2D eigenvalue weighted by Gasteiger charge is -2.04. The van der Waals surface area contributed by atoms with Gasteiger partial charge in [0.25, 0.3) is 0 Å². The molecule has 1 aromatic heterocycles. The van der Waals surface area contributed by atoms with Crippen molar-refractivity contribution in [2.45, 2.75) is 6.54 Å². The third kappa shape index (κ3) is 4.70. The highest BCUT2D eigenvalue weighted by molar-refractivity contribution is 6.30. The molecule has 0 radical (unpaired) electrons. The van der Waals surface area contributed by atoms with Crippen LogP contribution in [-0.2, 0) is 11.3 Å². The summed E-state index contributed by atoms with van der Waals surface area (Å²) in [5.41, 5.74) is 1.80. The Morgan fingerprint density at radius 1 is 1.27 bits per heavy atom. The van der Waals surface area contributed by atoms with E-state index >= 15 is 0 Å². The predicted molar refractivity (Wildman–Crippen MR) is 101 cm³/mol. The molecule has 0 aliphatic rings. The molecule has 0 aliphatic carbocycles. The minimum atomic E-state index is -0.222. The summed E-state index contributed by atoms with van der Waals surface area (Å²) in [5.74, 6) is 1.10. The molecule has 0 spiro atoms. The van der Waals surface area contributed by atoms with Gasteiger partial charge in [0.15, 0.2) is 5.82 Å². The number of carbonyl (C=O) groups is 1. The number of ether oxygens (including phenoxy) is 1. The smallest absolute Gasteiger partial charge is 0.245 e. The molecular weight excluding hydrogens is 352 g/mol. The minimum absolute atomic E-state index is 0.222. The average molecular weight is 369 g/mol. The van der Waals surface area contributed by atoms with Crippen LogP contribution in [0.1, 0.15) is 5.56 Å². The number of rotatable bonds is 6.